The van der Waals surface area contributed by atoms with Crippen LogP contribution in [0, 0.1) is 4.77 Å². The van der Waals surface area contributed by atoms with Crippen molar-refractivity contribution in [3.05, 3.63) is 76.8 Å². The average Bonchev–Trinajstić information content (AvgIpc) is 3.16. The number of amides is 1. The molecule has 29 heavy (non-hydrogen) atoms. The number of hydrogen-bond acceptors (Lipinski definition) is 3. The first-order valence-corrected chi connectivity index (χ1v) is 10.5. The van der Waals surface area contributed by atoms with E-state index in [-0.39, 0.29) is 5.91 Å². The first-order valence-electron chi connectivity index (χ1n) is 10.1. The Morgan fingerprint density at radius 1 is 1.00 bits per heavy atom. The van der Waals surface area contributed by atoms with E-state index in [4.69, 9.17) is 12.2 Å². The molecule has 1 saturated heterocycles. The van der Waals surface area contributed by atoms with E-state index in [9.17, 15) is 4.79 Å². The minimum atomic E-state index is -0.0682. The van der Waals surface area contributed by atoms with Crippen molar-refractivity contribution < 1.29 is 4.79 Å². The zero-order valence-electron chi connectivity index (χ0n) is 16.7. The van der Waals surface area contributed by atoms with Crippen LogP contribution in [-0.4, -0.2) is 40.5 Å². The smallest absolute Gasteiger partial charge is 0.272 e. The van der Waals surface area contributed by atoms with Crippen LogP contribution in [0.25, 0.3) is 5.69 Å². The van der Waals surface area contributed by atoms with E-state index in [2.05, 4.69) is 34.1 Å². The van der Waals surface area contributed by atoms with Gasteiger partial charge in [0.25, 0.3) is 5.91 Å². The van der Waals surface area contributed by atoms with E-state index in [1.807, 2.05) is 37.4 Å². The van der Waals surface area contributed by atoms with Crippen LogP contribution in [0.3, 0.4) is 0 Å². The van der Waals surface area contributed by atoms with Gasteiger partial charge in [-0.05, 0) is 61.3 Å². The molecule has 3 aromatic rings. The Morgan fingerprint density at radius 3 is 2.38 bits per heavy atom. The van der Waals surface area contributed by atoms with Crippen molar-refractivity contribution >= 4 is 23.8 Å². The highest BCUT2D eigenvalue weighted by atomic mass is 32.1. The number of benzene rings is 2. The second kappa shape index (κ2) is 8.66. The quantitative estimate of drug-likeness (QED) is 0.619. The molecule has 4 rings (SSSR count). The van der Waals surface area contributed by atoms with Crippen molar-refractivity contribution in [3.63, 3.8) is 0 Å². The van der Waals surface area contributed by atoms with Crippen LogP contribution in [0.1, 0.15) is 35.3 Å². The van der Waals surface area contributed by atoms with Gasteiger partial charge in [0.15, 0.2) is 4.77 Å². The number of nitrogens with one attached hydrogen (secondary N) is 1. The van der Waals surface area contributed by atoms with Crippen molar-refractivity contribution in [1.29, 1.82) is 0 Å². The molecule has 0 aliphatic carbocycles. The predicted molar refractivity (Wildman–Crippen MR) is 119 cm³/mol. The highest BCUT2D eigenvalue weighted by Gasteiger charge is 2.19. The zero-order valence-corrected chi connectivity index (χ0v) is 17.5. The summed E-state index contributed by atoms with van der Waals surface area (Å²) in [7, 11) is 1.83. The van der Waals surface area contributed by atoms with Gasteiger partial charge in [-0.1, -0.05) is 30.3 Å². The SMILES string of the molecule is CN(Cc1ccc(N2CCCCC2)cc1)C(=O)c1c[nH]c(=S)n1-c1ccccc1. The highest BCUT2D eigenvalue weighted by molar-refractivity contribution is 7.71. The summed E-state index contributed by atoms with van der Waals surface area (Å²) in [6, 6.07) is 18.3. The summed E-state index contributed by atoms with van der Waals surface area (Å²) in [4.78, 5) is 20.3. The Morgan fingerprint density at radius 2 is 1.69 bits per heavy atom. The molecule has 1 amide bonds. The number of H-pyrrole nitrogens is 1. The number of para-hydroxylation sites is 1. The molecule has 0 spiro atoms. The molecular formula is C23H26N4OS. The molecule has 0 bridgehead atoms. The van der Waals surface area contributed by atoms with Crippen LogP contribution in [0.5, 0.6) is 0 Å². The Kier molecular flexibility index (Phi) is 5.81. The van der Waals surface area contributed by atoms with Crippen LogP contribution in [-0.2, 0) is 6.54 Å². The molecule has 0 radical (unpaired) electrons. The molecule has 0 unspecified atom stereocenters. The van der Waals surface area contributed by atoms with Gasteiger partial charge in [-0.3, -0.25) is 9.36 Å². The summed E-state index contributed by atoms with van der Waals surface area (Å²) in [5.74, 6) is -0.0682. The predicted octanol–water partition coefficient (Wildman–Crippen LogP) is 4.80. The first-order chi connectivity index (χ1) is 14.1. The Hall–Kier alpha value is -2.86. The minimum absolute atomic E-state index is 0.0682. The number of hydrogen-bond donors (Lipinski definition) is 1. The lowest BCUT2D eigenvalue weighted by molar-refractivity contribution is 0.0777. The summed E-state index contributed by atoms with van der Waals surface area (Å²) < 4.78 is 2.30. The van der Waals surface area contributed by atoms with E-state index in [0.29, 0.717) is 17.0 Å². The molecule has 1 N–H and O–H groups in total. The summed E-state index contributed by atoms with van der Waals surface area (Å²) in [5, 5.41) is 0. The second-order valence-electron chi connectivity index (χ2n) is 7.53. The third-order valence-electron chi connectivity index (χ3n) is 5.43. The van der Waals surface area contributed by atoms with Crippen molar-refractivity contribution in [2.24, 2.45) is 0 Å². The Bertz CT molecular complexity index is 1020. The lowest BCUT2D eigenvalue weighted by Crippen LogP contribution is -2.29. The molecule has 0 saturated carbocycles. The third kappa shape index (κ3) is 4.27. The molecule has 1 aliphatic rings. The maximum absolute atomic E-state index is 13.1. The fraction of sp³-hybridized carbons (Fsp3) is 0.304. The largest absolute Gasteiger partial charge is 0.372 e. The summed E-state index contributed by atoms with van der Waals surface area (Å²) in [6.45, 7) is 2.81. The van der Waals surface area contributed by atoms with Crippen molar-refractivity contribution in [2.75, 3.05) is 25.0 Å². The molecule has 0 atom stereocenters. The number of nitrogens with zero attached hydrogens (tertiary/aromatic N) is 3. The zero-order chi connectivity index (χ0) is 20.2. The van der Waals surface area contributed by atoms with Gasteiger partial charge in [0.05, 0.1) is 0 Å². The van der Waals surface area contributed by atoms with E-state index in [0.717, 1.165) is 24.3 Å². The van der Waals surface area contributed by atoms with Gasteiger partial charge < -0.3 is 14.8 Å². The number of carbonyl (C=O) groups is 1. The molecule has 2 heterocycles. The van der Waals surface area contributed by atoms with Gasteiger partial charge >= 0.3 is 0 Å². The van der Waals surface area contributed by atoms with Crippen LogP contribution in [0.15, 0.2) is 60.8 Å². The van der Waals surface area contributed by atoms with Crippen molar-refractivity contribution in [3.8, 4) is 5.69 Å². The molecule has 1 fully saturated rings. The van der Waals surface area contributed by atoms with Gasteiger partial charge in [-0.15, -0.1) is 0 Å². The van der Waals surface area contributed by atoms with E-state index >= 15 is 0 Å². The Balaban J connectivity index is 1.49. The topological polar surface area (TPSA) is 44.3 Å². The lowest BCUT2D eigenvalue weighted by Gasteiger charge is -2.29. The second-order valence-corrected chi connectivity index (χ2v) is 7.91. The number of aromatic nitrogens is 2. The van der Waals surface area contributed by atoms with Crippen LogP contribution in [0.2, 0.25) is 0 Å². The summed E-state index contributed by atoms with van der Waals surface area (Å²) in [6.07, 6.45) is 5.55. The third-order valence-corrected chi connectivity index (χ3v) is 5.73. The average molecular weight is 407 g/mol. The maximum Gasteiger partial charge on any atom is 0.272 e. The van der Waals surface area contributed by atoms with E-state index in [1.54, 1.807) is 15.7 Å². The highest BCUT2D eigenvalue weighted by Crippen LogP contribution is 2.21. The fourth-order valence-electron chi connectivity index (χ4n) is 3.86. The number of carbonyl (C=O) groups excluding carboxylic acids is 1. The minimum Gasteiger partial charge on any atom is -0.372 e. The number of imidazole rings is 1. The van der Waals surface area contributed by atoms with Gasteiger partial charge in [0.2, 0.25) is 0 Å². The molecule has 1 aliphatic heterocycles. The van der Waals surface area contributed by atoms with Crippen molar-refractivity contribution in [1.82, 2.24) is 14.5 Å². The van der Waals surface area contributed by atoms with Gasteiger partial charge in [0, 0.05) is 44.3 Å². The van der Waals surface area contributed by atoms with Crippen LogP contribution >= 0.6 is 12.2 Å². The van der Waals surface area contributed by atoms with Gasteiger partial charge in [0.1, 0.15) is 5.69 Å². The molecular weight excluding hydrogens is 380 g/mol. The van der Waals surface area contributed by atoms with Crippen LogP contribution in [0.4, 0.5) is 5.69 Å². The molecule has 1 aromatic heterocycles. The van der Waals surface area contributed by atoms with Gasteiger partial charge in [-0.2, -0.15) is 0 Å². The summed E-state index contributed by atoms with van der Waals surface area (Å²) in [5.41, 5.74) is 3.79. The van der Waals surface area contributed by atoms with Crippen molar-refractivity contribution in [2.45, 2.75) is 25.8 Å². The maximum atomic E-state index is 13.1. The summed E-state index contributed by atoms with van der Waals surface area (Å²) >= 11 is 5.40. The molecule has 2 aromatic carbocycles. The number of piperidine rings is 1. The number of anilines is 1. The Labute approximate surface area is 176 Å². The van der Waals surface area contributed by atoms with Crippen LogP contribution < -0.4 is 4.90 Å². The number of rotatable bonds is 5. The molecule has 6 heteroatoms. The normalized spacial score (nSPS) is 14.0. The van der Waals surface area contributed by atoms with E-state index < -0.39 is 0 Å². The first kappa shape index (κ1) is 19.5. The van der Waals surface area contributed by atoms with E-state index in [1.165, 1.54) is 24.9 Å². The standard InChI is InChI=1S/C23H26N4OS/c1-25(17-18-10-12-19(13-11-18)26-14-6-3-7-15-26)22(28)21-16-24-23(29)27(21)20-8-4-2-5-9-20/h2,4-5,8-13,16H,3,6-7,14-15,17H2,1H3,(H,24,29). The molecule has 5 nitrogen and oxygen atoms in total. The monoisotopic (exact) mass is 406 g/mol. The fourth-order valence-corrected chi connectivity index (χ4v) is 4.13. The van der Waals surface area contributed by atoms with Gasteiger partial charge in [-0.25, -0.2) is 0 Å². The lowest BCUT2D eigenvalue weighted by atomic mass is 10.1. The number of aromatic amines is 1. The molecule has 150 valence electrons.